The van der Waals surface area contributed by atoms with Crippen molar-refractivity contribution in [3.63, 3.8) is 0 Å². The van der Waals surface area contributed by atoms with Crippen LogP contribution in [0, 0.1) is 0 Å². The van der Waals surface area contributed by atoms with E-state index in [0.717, 1.165) is 36.2 Å². The Labute approximate surface area is 168 Å². The quantitative estimate of drug-likeness (QED) is 0.692. The fraction of sp³-hybridized carbons (Fsp3) is 0.368. The van der Waals surface area contributed by atoms with Crippen LogP contribution in [0.25, 0.3) is 0 Å². The predicted octanol–water partition coefficient (Wildman–Crippen LogP) is 2.40. The highest BCUT2D eigenvalue weighted by atomic mass is 32.2. The van der Waals surface area contributed by atoms with E-state index in [1.165, 1.54) is 10.4 Å². The lowest BCUT2D eigenvalue weighted by atomic mass is 10.2. The van der Waals surface area contributed by atoms with Gasteiger partial charge in [-0.2, -0.15) is 4.31 Å². The van der Waals surface area contributed by atoms with Crippen LogP contribution in [0.4, 0.5) is 0 Å². The summed E-state index contributed by atoms with van der Waals surface area (Å²) in [6.45, 7) is 0.714. The first-order valence-electron chi connectivity index (χ1n) is 9.04. The van der Waals surface area contributed by atoms with Crippen LogP contribution in [0.3, 0.4) is 0 Å². The number of amides is 1. The molecule has 2 heterocycles. The van der Waals surface area contributed by atoms with E-state index in [2.05, 4.69) is 5.32 Å². The Bertz CT molecular complexity index is 919. The molecule has 1 aromatic carbocycles. The number of carbonyl (C=O) groups excluding carboxylic acids is 2. The van der Waals surface area contributed by atoms with E-state index in [0.29, 0.717) is 13.1 Å². The molecule has 1 aliphatic heterocycles. The van der Waals surface area contributed by atoms with E-state index < -0.39 is 21.9 Å². The van der Waals surface area contributed by atoms with Crippen LogP contribution in [0.5, 0.6) is 0 Å². The number of carbonyl (C=O) groups is 2. The summed E-state index contributed by atoms with van der Waals surface area (Å²) in [7, 11) is -3.71. The summed E-state index contributed by atoms with van der Waals surface area (Å²) in [5.74, 6) is -1.18. The van der Waals surface area contributed by atoms with Crippen molar-refractivity contribution < 1.29 is 22.7 Å². The first-order valence-corrected chi connectivity index (χ1v) is 11.4. The summed E-state index contributed by atoms with van der Waals surface area (Å²) >= 11 is 1.04. The molecule has 1 N–H and O–H groups in total. The molecule has 1 aromatic heterocycles. The van der Waals surface area contributed by atoms with Gasteiger partial charge in [0.05, 0.1) is 0 Å². The third kappa shape index (κ3) is 4.98. The zero-order valence-corrected chi connectivity index (χ0v) is 16.9. The molecule has 0 unspecified atom stereocenters. The van der Waals surface area contributed by atoms with Gasteiger partial charge < -0.3 is 10.1 Å². The third-order valence-corrected chi connectivity index (χ3v) is 7.39. The smallest absolute Gasteiger partial charge is 0.325 e. The average Bonchev–Trinajstić information content (AvgIpc) is 3.23. The lowest BCUT2D eigenvalue weighted by Gasteiger charge is -2.25. The fourth-order valence-corrected chi connectivity index (χ4v) is 5.77. The van der Waals surface area contributed by atoms with Crippen LogP contribution >= 0.6 is 11.3 Å². The molecule has 0 aliphatic carbocycles. The first kappa shape index (κ1) is 20.5. The molecule has 3 rings (SSSR count). The van der Waals surface area contributed by atoms with Crippen LogP contribution in [0.1, 0.15) is 34.5 Å². The van der Waals surface area contributed by atoms with Gasteiger partial charge in [-0.05, 0) is 29.9 Å². The van der Waals surface area contributed by atoms with Gasteiger partial charge in [0.2, 0.25) is 10.0 Å². The van der Waals surface area contributed by atoms with Gasteiger partial charge in [-0.25, -0.2) is 8.42 Å². The van der Waals surface area contributed by atoms with Gasteiger partial charge in [-0.3, -0.25) is 9.59 Å². The number of hydrogen-bond donors (Lipinski definition) is 1. The SMILES string of the molecule is O=C(CNC(=O)c1sccc1S(=O)(=O)N1CCCCC1)OCc1ccccc1. The molecule has 7 nitrogen and oxygen atoms in total. The number of hydrogen-bond acceptors (Lipinski definition) is 6. The molecule has 1 saturated heterocycles. The molecule has 1 fully saturated rings. The van der Waals surface area contributed by atoms with Crippen molar-refractivity contribution in [3.05, 3.63) is 52.2 Å². The van der Waals surface area contributed by atoms with E-state index in [4.69, 9.17) is 4.74 Å². The molecule has 1 aliphatic rings. The monoisotopic (exact) mass is 422 g/mol. The van der Waals surface area contributed by atoms with Gasteiger partial charge in [0.15, 0.2) is 0 Å². The summed E-state index contributed by atoms with van der Waals surface area (Å²) in [5, 5.41) is 4.02. The van der Waals surface area contributed by atoms with Crippen LogP contribution in [-0.2, 0) is 26.2 Å². The molecule has 1 amide bonds. The van der Waals surface area contributed by atoms with Crippen molar-refractivity contribution in [3.8, 4) is 0 Å². The molecular formula is C19H22N2O5S2. The molecule has 9 heteroatoms. The van der Waals surface area contributed by atoms with Crippen LogP contribution in [-0.4, -0.2) is 44.2 Å². The zero-order valence-electron chi connectivity index (χ0n) is 15.3. The largest absolute Gasteiger partial charge is 0.460 e. The van der Waals surface area contributed by atoms with Gasteiger partial charge in [0.25, 0.3) is 5.91 Å². The Morgan fingerprint density at radius 1 is 1.07 bits per heavy atom. The maximum absolute atomic E-state index is 12.8. The van der Waals surface area contributed by atoms with Crippen molar-refractivity contribution in [1.29, 1.82) is 0 Å². The lowest BCUT2D eigenvalue weighted by Crippen LogP contribution is -2.37. The van der Waals surface area contributed by atoms with E-state index in [1.54, 1.807) is 5.38 Å². The molecule has 150 valence electrons. The van der Waals surface area contributed by atoms with Crippen LogP contribution in [0.2, 0.25) is 0 Å². The average molecular weight is 423 g/mol. The van der Waals surface area contributed by atoms with Gasteiger partial charge in [0.1, 0.15) is 22.9 Å². The molecular weight excluding hydrogens is 400 g/mol. The van der Waals surface area contributed by atoms with Gasteiger partial charge in [-0.15, -0.1) is 11.3 Å². The second-order valence-corrected chi connectivity index (χ2v) is 9.23. The van der Waals surface area contributed by atoms with Gasteiger partial charge in [-0.1, -0.05) is 36.8 Å². The topological polar surface area (TPSA) is 92.8 Å². The number of rotatable bonds is 7. The van der Waals surface area contributed by atoms with E-state index in [-0.39, 0.29) is 22.9 Å². The molecule has 0 radical (unpaired) electrons. The third-order valence-electron chi connectivity index (χ3n) is 4.40. The molecule has 0 bridgehead atoms. The second-order valence-electron chi connectivity index (χ2n) is 6.41. The number of nitrogens with zero attached hydrogens (tertiary/aromatic N) is 1. The summed E-state index contributed by atoms with van der Waals surface area (Å²) in [5.41, 5.74) is 0.843. The first-order chi connectivity index (χ1) is 13.5. The van der Waals surface area contributed by atoms with E-state index in [1.807, 2.05) is 30.3 Å². The van der Waals surface area contributed by atoms with E-state index in [9.17, 15) is 18.0 Å². The minimum absolute atomic E-state index is 0.00504. The summed E-state index contributed by atoms with van der Waals surface area (Å²) in [6.07, 6.45) is 2.64. The minimum Gasteiger partial charge on any atom is -0.460 e. The van der Waals surface area contributed by atoms with Gasteiger partial charge in [0, 0.05) is 13.1 Å². The Morgan fingerprint density at radius 2 is 1.79 bits per heavy atom. The number of esters is 1. The molecule has 0 spiro atoms. The second kappa shape index (κ2) is 9.31. The fourth-order valence-electron chi connectivity index (χ4n) is 2.93. The number of nitrogens with one attached hydrogen (secondary N) is 1. The summed E-state index contributed by atoms with van der Waals surface area (Å²) in [4.78, 5) is 24.4. The van der Waals surface area contributed by atoms with Crippen molar-refractivity contribution in [1.82, 2.24) is 9.62 Å². The summed E-state index contributed by atoms with van der Waals surface area (Å²) in [6, 6.07) is 10.6. The standard InChI is InChI=1S/C19H22N2O5S2/c22-17(26-14-15-7-3-1-4-8-15)13-20-19(23)18-16(9-12-27-18)28(24,25)21-10-5-2-6-11-21/h1,3-4,7-9,12H,2,5-6,10-11,13-14H2,(H,20,23). The van der Waals surface area contributed by atoms with E-state index >= 15 is 0 Å². The van der Waals surface area contributed by atoms with Crippen LogP contribution in [0.15, 0.2) is 46.7 Å². The summed E-state index contributed by atoms with van der Waals surface area (Å²) < 4.78 is 32.2. The number of sulfonamides is 1. The van der Waals surface area contributed by atoms with Crippen LogP contribution < -0.4 is 5.32 Å². The molecule has 0 atom stereocenters. The van der Waals surface area contributed by atoms with Crippen molar-refractivity contribution in [2.24, 2.45) is 0 Å². The highest BCUT2D eigenvalue weighted by Gasteiger charge is 2.31. The molecule has 0 saturated carbocycles. The number of ether oxygens (including phenoxy) is 1. The highest BCUT2D eigenvalue weighted by Crippen LogP contribution is 2.27. The normalized spacial score (nSPS) is 15.1. The highest BCUT2D eigenvalue weighted by molar-refractivity contribution is 7.89. The van der Waals surface area contributed by atoms with Crippen molar-refractivity contribution in [2.75, 3.05) is 19.6 Å². The molecule has 2 aromatic rings. The maximum atomic E-state index is 12.8. The minimum atomic E-state index is -3.71. The molecule has 28 heavy (non-hydrogen) atoms. The Hall–Kier alpha value is -2.23. The number of benzene rings is 1. The van der Waals surface area contributed by atoms with Crippen molar-refractivity contribution in [2.45, 2.75) is 30.8 Å². The maximum Gasteiger partial charge on any atom is 0.325 e. The zero-order chi connectivity index (χ0) is 20.0. The van der Waals surface area contributed by atoms with Crippen molar-refractivity contribution >= 4 is 33.2 Å². The number of thiophene rings is 1. The Kier molecular flexibility index (Phi) is 6.82. The Balaban J connectivity index is 1.58. The van der Waals surface area contributed by atoms with Gasteiger partial charge >= 0.3 is 5.97 Å². The Morgan fingerprint density at radius 3 is 2.50 bits per heavy atom. The number of piperidine rings is 1. The lowest BCUT2D eigenvalue weighted by molar-refractivity contribution is -0.143. The predicted molar refractivity (Wildman–Crippen MR) is 106 cm³/mol.